The second-order valence-corrected chi connectivity index (χ2v) is 4.87. The normalized spacial score (nSPS) is 40.7. The van der Waals surface area contributed by atoms with Gasteiger partial charge in [0.25, 0.3) is 0 Å². The molecule has 0 saturated carbocycles. The quantitative estimate of drug-likeness (QED) is 0.631. The van der Waals surface area contributed by atoms with E-state index < -0.39 is 6.29 Å². The highest BCUT2D eigenvalue weighted by Crippen LogP contribution is 2.46. The van der Waals surface area contributed by atoms with E-state index >= 15 is 0 Å². The number of fused-ring (bicyclic) bond motifs is 1. The van der Waals surface area contributed by atoms with Gasteiger partial charge in [-0.25, -0.2) is 0 Å². The summed E-state index contributed by atoms with van der Waals surface area (Å²) in [7, 11) is 0. The van der Waals surface area contributed by atoms with Gasteiger partial charge in [-0.3, -0.25) is 4.79 Å². The zero-order chi connectivity index (χ0) is 10.5. The van der Waals surface area contributed by atoms with Gasteiger partial charge in [-0.15, -0.1) is 0 Å². The van der Waals surface area contributed by atoms with E-state index in [9.17, 15) is 9.90 Å². The third-order valence-corrected chi connectivity index (χ3v) is 3.36. The van der Waals surface area contributed by atoms with Crippen LogP contribution in [0.5, 0.6) is 0 Å². The minimum Gasteiger partial charge on any atom is -0.368 e. The smallest absolute Gasteiger partial charge is 0.164 e. The average molecular weight is 196 g/mol. The molecule has 1 fully saturated rings. The highest BCUT2D eigenvalue weighted by Gasteiger charge is 2.50. The number of Topliss-reactive ketones (excluding diaryl/α,β-unsaturated/α-hetero) is 1. The molecule has 1 heterocycles. The lowest BCUT2D eigenvalue weighted by atomic mass is 9.66. The molecule has 14 heavy (non-hydrogen) atoms. The molecule has 0 aromatic rings. The highest BCUT2D eigenvalue weighted by molar-refractivity contribution is 5.98. The fraction of sp³-hybridized carbons (Fsp3) is 0.727. The molecule has 0 aromatic carbocycles. The maximum Gasteiger partial charge on any atom is 0.164 e. The van der Waals surface area contributed by atoms with Gasteiger partial charge in [-0.2, -0.15) is 0 Å². The largest absolute Gasteiger partial charge is 0.368 e. The second kappa shape index (κ2) is 2.91. The zero-order valence-electron chi connectivity index (χ0n) is 8.78. The first kappa shape index (κ1) is 9.87. The van der Waals surface area contributed by atoms with E-state index in [1.54, 1.807) is 0 Å². The van der Waals surface area contributed by atoms with Crippen LogP contribution in [0.25, 0.3) is 0 Å². The lowest BCUT2D eigenvalue weighted by Crippen LogP contribution is -2.41. The van der Waals surface area contributed by atoms with Gasteiger partial charge in [0, 0.05) is 5.92 Å². The van der Waals surface area contributed by atoms with Crippen LogP contribution >= 0.6 is 0 Å². The average Bonchev–Trinajstić information content (AvgIpc) is 2.44. The minimum atomic E-state index is -0.789. The number of rotatable bonds is 0. The Morgan fingerprint density at radius 2 is 2.21 bits per heavy atom. The van der Waals surface area contributed by atoms with Crippen molar-refractivity contribution in [3.05, 3.63) is 11.6 Å². The van der Waals surface area contributed by atoms with E-state index in [4.69, 9.17) is 4.74 Å². The van der Waals surface area contributed by atoms with Crippen molar-refractivity contribution in [2.45, 2.75) is 27.1 Å². The van der Waals surface area contributed by atoms with Crippen LogP contribution in [-0.4, -0.2) is 23.8 Å². The van der Waals surface area contributed by atoms with E-state index in [1.807, 2.05) is 26.8 Å². The fourth-order valence-corrected chi connectivity index (χ4v) is 2.75. The van der Waals surface area contributed by atoms with E-state index in [-0.39, 0.29) is 23.0 Å². The molecule has 3 nitrogen and oxygen atoms in total. The Labute approximate surface area is 83.8 Å². The Bertz CT molecular complexity index is 304. The molecule has 0 radical (unpaired) electrons. The summed E-state index contributed by atoms with van der Waals surface area (Å²) in [6.45, 7) is 6.28. The molecule has 78 valence electrons. The third kappa shape index (κ3) is 1.23. The lowest BCUT2D eigenvalue weighted by molar-refractivity contribution is -0.124. The molecule has 0 aromatic heterocycles. The summed E-state index contributed by atoms with van der Waals surface area (Å²) >= 11 is 0. The Morgan fingerprint density at radius 3 is 2.86 bits per heavy atom. The molecule has 1 aliphatic heterocycles. The SMILES string of the molecule is CC1=CC(C)(C)[C@H]2C(O)OC[C@H]2C1=O. The standard InChI is InChI=1S/C11H16O3/c1-6-4-11(2,3)8-7(9(6)12)5-14-10(8)13/h4,7-8,10,13H,5H2,1-3H3/t7-,8-,10?/m1/s1. The topological polar surface area (TPSA) is 46.5 Å². The number of hydrogen-bond acceptors (Lipinski definition) is 3. The number of carbonyl (C=O) groups is 1. The Morgan fingerprint density at radius 1 is 1.57 bits per heavy atom. The van der Waals surface area contributed by atoms with Crippen molar-refractivity contribution in [1.82, 2.24) is 0 Å². The molecule has 2 aliphatic rings. The van der Waals surface area contributed by atoms with Gasteiger partial charge in [0.1, 0.15) is 0 Å². The molecule has 3 atom stereocenters. The monoisotopic (exact) mass is 196 g/mol. The number of aliphatic hydroxyl groups excluding tert-OH is 1. The van der Waals surface area contributed by atoms with Crippen molar-refractivity contribution in [3.63, 3.8) is 0 Å². The first-order chi connectivity index (χ1) is 6.43. The first-order valence-corrected chi connectivity index (χ1v) is 4.97. The van der Waals surface area contributed by atoms with Crippen LogP contribution in [0.3, 0.4) is 0 Å². The van der Waals surface area contributed by atoms with Crippen LogP contribution in [0, 0.1) is 17.3 Å². The molecule has 3 heteroatoms. The third-order valence-electron chi connectivity index (χ3n) is 3.36. The number of ketones is 1. The van der Waals surface area contributed by atoms with Crippen LogP contribution in [0.2, 0.25) is 0 Å². The molecule has 1 unspecified atom stereocenters. The van der Waals surface area contributed by atoms with E-state index in [1.165, 1.54) is 0 Å². The Hall–Kier alpha value is -0.670. The van der Waals surface area contributed by atoms with Crippen molar-refractivity contribution in [2.75, 3.05) is 6.61 Å². The molecule has 1 N–H and O–H groups in total. The van der Waals surface area contributed by atoms with Crippen molar-refractivity contribution < 1.29 is 14.6 Å². The number of ether oxygens (including phenoxy) is 1. The Kier molecular flexibility index (Phi) is 2.05. The molecule has 1 saturated heterocycles. The van der Waals surface area contributed by atoms with Crippen molar-refractivity contribution in [2.24, 2.45) is 17.3 Å². The predicted molar refractivity (Wildman–Crippen MR) is 51.5 cm³/mol. The first-order valence-electron chi connectivity index (χ1n) is 4.97. The van der Waals surface area contributed by atoms with Crippen molar-refractivity contribution >= 4 is 5.78 Å². The van der Waals surface area contributed by atoms with E-state index in [0.29, 0.717) is 6.61 Å². The summed E-state index contributed by atoms with van der Waals surface area (Å²) in [4.78, 5) is 11.8. The molecular weight excluding hydrogens is 180 g/mol. The van der Waals surface area contributed by atoms with Gasteiger partial charge in [0.15, 0.2) is 12.1 Å². The maximum absolute atomic E-state index is 11.8. The fourth-order valence-electron chi connectivity index (χ4n) is 2.75. The minimum absolute atomic E-state index is 0.0845. The second-order valence-electron chi connectivity index (χ2n) is 4.87. The number of allylic oxidation sites excluding steroid dienone is 2. The Balaban J connectivity index is 2.43. The lowest BCUT2D eigenvalue weighted by Gasteiger charge is -2.37. The van der Waals surface area contributed by atoms with E-state index in [2.05, 4.69) is 0 Å². The van der Waals surface area contributed by atoms with Crippen molar-refractivity contribution in [1.29, 1.82) is 0 Å². The van der Waals surface area contributed by atoms with Gasteiger partial charge in [-0.05, 0) is 17.9 Å². The number of hydrogen-bond donors (Lipinski definition) is 1. The summed E-state index contributed by atoms with van der Waals surface area (Å²) in [5.74, 6) is -0.102. The molecule has 0 amide bonds. The van der Waals surface area contributed by atoms with Crippen LogP contribution in [0.1, 0.15) is 20.8 Å². The van der Waals surface area contributed by atoms with Crippen LogP contribution in [-0.2, 0) is 9.53 Å². The molecule has 0 bridgehead atoms. The number of aliphatic hydroxyl groups is 1. The predicted octanol–water partition coefficient (Wildman–Crippen LogP) is 1.12. The van der Waals surface area contributed by atoms with Gasteiger partial charge < -0.3 is 9.84 Å². The van der Waals surface area contributed by atoms with Gasteiger partial charge in [-0.1, -0.05) is 19.9 Å². The highest BCUT2D eigenvalue weighted by atomic mass is 16.6. The van der Waals surface area contributed by atoms with Gasteiger partial charge in [0.2, 0.25) is 0 Å². The number of carbonyl (C=O) groups excluding carboxylic acids is 1. The summed E-state index contributed by atoms with van der Waals surface area (Å²) in [6, 6.07) is 0. The van der Waals surface area contributed by atoms with Crippen molar-refractivity contribution in [3.8, 4) is 0 Å². The summed E-state index contributed by atoms with van der Waals surface area (Å²) in [5, 5.41) is 9.66. The van der Waals surface area contributed by atoms with Crippen LogP contribution < -0.4 is 0 Å². The summed E-state index contributed by atoms with van der Waals surface area (Å²) in [6.07, 6.45) is 1.16. The van der Waals surface area contributed by atoms with E-state index in [0.717, 1.165) is 5.57 Å². The molecular formula is C11H16O3. The molecule has 1 aliphatic carbocycles. The zero-order valence-corrected chi connectivity index (χ0v) is 8.78. The molecule has 0 spiro atoms. The van der Waals surface area contributed by atoms with Crippen LogP contribution in [0.15, 0.2) is 11.6 Å². The summed E-state index contributed by atoms with van der Waals surface area (Å²) in [5.41, 5.74) is 0.646. The molecule has 2 rings (SSSR count). The van der Waals surface area contributed by atoms with Crippen LogP contribution in [0.4, 0.5) is 0 Å². The van der Waals surface area contributed by atoms with Gasteiger partial charge in [0.05, 0.1) is 12.5 Å². The van der Waals surface area contributed by atoms with Gasteiger partial charge >= 0.3 is 0 Å². The summed E-state index contributed by atoms with van der Waals surface area (Å²) < 4.78 is 5.16. The maximum atomic E-state index is 11.8.